The molecular formula is C44H51N5O9S. The van der Waals surface area contributed by atoms with Crippen molar-refractivity contribution in [3.05, 3.63) is 72.3 Å². The maximum absolute atomic E-state index is 14.7. The second-order valence-electron chi connectivity index (χ2n) is 16.5. The van der Waals surface area contributed by atoms with E-state index < -0.39 is 68.7 Å². The third-order valence-electron chi connectivity index (χ3n) is 12.0. The van der Waals surface area contributed by atoms with Gasteiger partial charge in [0.1, 0.15) is 35.2 Å². The van der Waals surface area contributed by atoms with Crippen LogP contribution < -0.4 is 24.8 Å². The summed E-state index contributed by atoms with van der Waals surface area (Å²) in [4.78, 5) is 62.8. The number of aromatic nitrogens is 1. The normalized spacial score (nSPS) is 27.9. The first-order valence-electron chi connectivity index (χ1n) is 20.6. The molecule has 1 saturated heterocycles. The lowest BCUT2D eigenvalue weighted by atomic mass is 10.0. The minimum Gasteiger partial charge on any atom is -0.496 e. The summed E-state index contributed by atoms with van der Waals surface area (Å²) in [5.41, 5.74) is 1.41. The average Bonchev–Trinajstić information content (AvgIpc) is 4.15. The Morgan fingerprint density at radius 2 is 1.85 bits per heavy atom. The predicted octanol–water partition coefficient (Wildman–Crippen LogP) is 5.41. The van der Waals surface area contributed by atoms with Crippen LogP contribution in [0.15, 0.2) is 66.8 Å². The van der Waals surface area contributed by atoms with Crippen LogP contribution in [0.25, 0.3) is 28.2 Å². The maximum Gasteiger partial charge on any atom is 0.407 e. The number of cyclic esters (lactones) is 1. The number of ether oxygens (including phenoxy) is 3. The Balaban J connectivity index is 1.19. The number of hydrogen-bond donors (Lipinski definition) is 3. The highest BCUT2D eigenvalue weighted by atomic mass is 32.2. The van der Waals surface area contributed by atoms with Gasteiger partial charge in [0, 0.05) is 41.0 Å². The topological polar surface area (TPSA) is 182 Å². The highest BCUT2D eigenvalue weighted by Gasteiger charge is 2.62. The van der Waals surface area contributed by atoms with E-state index in [0.29, 0.717) is 66.6 Å². The van der Waals surface area contributed by atoms with E-state index in [4.69, 9.17) is 19.2 Å². The van der Waals surface area contributed by atoms with Gasteiger partial charge in [-0.25, -0.2) is 18.2 Å². The molecule has 3 N–H and O–H groups in total. The van der Waals surface area contributed by atoms with Crippen molar-refractivity contribution in [3.8, 4) is 22.8 Å². The number of methoxy groups -OCH3 is 1. The fraction of sp³-hybridized carbons (Fsp3) is 0.477. The van der Waals surface area contributed by atoms with Crippen molar-refractivity contribution in [3.63, 3.8) is 0 Å². The van der Waals surface area contributed by atoms with Gasteiger partial charge < -0.3 is 29.7 Å². The zero-order valence-electron chi connectivity index (χ0n) is 33.4. The lowest BCUT2D eigenvalue weighted by Gasteiger charge is -2.29. The highest BCUT2D eigenvalue weighted by Crippen LogP contribution is 2.46. The molecule has 59 heavy (non-hydrogen) atoms. The summed E-state index contributed by atoms with van der Waals surface area (Å²) in [7, 11) is -2.31. The smallest absolute Gasteiger partial charge is 0.407 e. The number of fused-ring (bicyclic) bond motifs is 4. The summed E-state index contributed by atoms with van der Waals surface area (Å²) in [6.45, 7) is 2.07. The van der Waals surface area contributed by atoms with Crippen LogP contribution in [-0.4, -0.2) is 91.4 Å². The largest absolute Gasteiger partial charge is 0.496 e. The Morgan fingerprint density at radius 3 is 2.63 bits per heavy atom. The molecule has 3 aliphatic heterocycles. The summed E-state index contributed by atoms with van der Waals surface area (Å²) in [5.74, 6) is -1.26. The molecule has 6 atom stereocenters. The second kappa shape index (κ2) is 16.7. The number of amides is 4. The number of nitrogens with zero attached hydrogens (tertiary/aromatic N) is 2. The SMILES string of the molecule is COc1cc2nc(-c3ccccc3)cc3c2cc1C=CC[C@@H](C)COC(=O)N[C@H]1CCCCCC=C[C@@H]2C[C@@]2(C(=O)NS(=O)(=O)C2CC2)NC(=O)[C@@H]2C[C@H](CN2C1=O)O3. The number of pyridine rings is 1. The van der Waals surface area contributed by atoms with Gasteiger partial charge in [-0.1, -0.05) is 74.4 Å². The molecule has 5 aliphatic rings. The first-order valence-corrected chi connectivity index (χ1v) is 22.2. The molecule has 3 aromatic rings. The van der Waals surface area contributed by atoms with E-state index in [2.05, 4.69) is 15.4 Å². The number of sulfonamides is 1. The lowest BCUT2D eigenvalue weighted by Crippen LogP contribution is -2.58. The van der Waals surface area contributed by atoms with Crippen LogP contribution in [0.5, 0.6) is 11.5 Å². The van der Waals surface area contributed by atoms with Gasteiger partial charge >= 0.3 is 6.09 Å². The summed E-state index contributed by atoms with van der Waals surface area (Å²) < 4.78 is 46.4. The molecule has 2 aliphatic carbocycles. The summed E-state index contributed by atoms with van der Waals surface area (Å²) >= 11 is 0. The number of nitrogens with one attached hydrogen (secondary N) is 3. The van der Waals surface area contributed by atoms with Crippen molar-refractivity contribution in [1.29, 1.82) is 0 Å². The van der Waals surface area contributed by atoms with E-state index in [1.165, 1.54) is 4.90 Å². The molecule has 0 radical (unpaired) electrons. The summed E-state index contributed by atoms with van der Waals surface area (Å²) in [5, 5.41) is 5.79. The van der Waals surface area contributed by atoms with E-state index in [1.807, 2.05) is 79.8 Å². The van der Waals surface area contributed by atoms with Gasteiger partial charge in [-0.2, -0.15) is 0 Å². The molecule has 14 nitrogen and oxygen atoms in total. The number of allylic oxidation sites excluding steroid dienone is 2. The molecule has 2 aromatic carbocycles. The Hall–Kier alpha value is -5.44. The van der Waals surface area contributed by atoms with Crippen LogP contribution in [0.3, 0.4) is 0 Å². The van der Waals surface area contributed by atoms with Crippen molar-refractivity contribution in [2.24, 2.45) is 11.8 Å². The average molecular weight is 826 g/mol. The predicted molar refractivity (Wildman–Crippen MR) is 221 cm³/mol. The molecule has 3 fully saturated rings. The monoisotopic (exact) mass is 825 g/mol. The minimum atomic E-state index is -3.91. The van der Waals surface area contributed by atoms with E-state index in [9.17, 15) is 27.6 Å². The first-order chi connectivity index (χ1) is 28.4. The zero-order chi connectivity index (χ0) is 41.3. The minimum absolute atomic E-state index is 0.00678. The first kappa shape index (κ1) is 40.3. The molecule has 0 unspecified atom stereocenters. The van der Waals surface area contributed by atoms with Crippen molar-refractivity contribution in [2.45, 2.75) is 100 Å². The Labute approximate surface area is 344 Å². The maximum atomic E-state index is 14.7. The summed E-state index contributed by atoms with van der Waals surface area (Å²) in [6.07, 6.45) is 11.4. The molecule has 1 aromatic heterocycles. The molecular weight excluding hydrogens is 775 g/mol. The van der Waals surface area contributed by atoms with E-state index >= 15 is 0 Å². The van der Waals surface area contributed by atoms with Gasteiger partial charge in [-0.3, -0.25) is 19.1 Å². The molecule has 4 heterocycles. The Bertz CT molecular complexity index is 2300. The molecule has 2 saturated carbocycles. The quantitative estimate of drug-likeness (QED) is 0.282. The van der Waals surface area contributed by atoms with Gasteiger partial charge in [-0.05, 0) is 56.9 Å². The van der Waals surface area contributed by atoms with Gasteiger partial charge in [0.25, 0.3) is 5.91 Å². The Kier molecular flexibility index (Phi) is 11.4. The molecule has 312 valence electrons. The van der Waals surface area contributed by atoms with Gasteiger partial charge in [0.2, 0.25) is 21.8 Å². The molecule has 15 heteroatoms. The van der Waals surface area contributed by atoms with E-state index in [0.717, 1.165) is 24.0 Å². The van der Waals surface area contributed by atoms with Crippen LogP contribution in [0.1, 0.15) is 76.7 Å². The second-order valence-corrected chi connectivity index (χ2v) is 18.5. The van der Waals surface area contributed by atoms with Crippen LogP contribution in [-0.2, 0) is 29.1 Å². The van der Waals surface area contributed by atoms with Crippen LogP contribution >= 0.6 is 0 Å². The van der Waals surface area contributed by atoms with Gasteiger partial charge in [0.15, 0.2) is 0 Å². The van der Waals surface area contributed by atoms with Crippen molar-refractivity contribution in [2.75, 3.05) is 20.3 Å². The van der Waals surface area contributed by atoms with Gasteiger partial charge in [-0.15, -0.1) is 0 Å². The van der Waals surface area contributed by atoms with Crippen molar-refractivity contribution >= 4 is 50.8 Å². The Morgan fingerprint density at radius 1 is 1.03 bits per heavy atom. The number of alkyl carbamates (subject to hydrolysis) is 1. The number of benzene rings is 2. The van der Waals surface area contributed by atoms with E-state index in [1.54, 1.807) is 7.11 Å². The third-order valence-corrected chi connectivity index (χ3v) is 13.8. The summed E-state index contributed by atoms with van der Waals surface area (Å²) in [6, 6.07) is 13.2. The molecule has 4 amide bonds. The fourth-order valence-electron chi connectivity index (χ4n) is 8.33. The zero-order valence-corrected chi connectivity index (χ0v) is 34.2. The standard InChI is InChI=1S/C44H51N5O9S/c1-27-12-11-15-29-20-33-36(23-38(29)56-2)45-35(28-13-7-6-8-14-28)22-39(33)58-31-21-37-40(50)47-44(42(52)48-59(54,55)32-18-19-32)24-30(44)16-9-4-3-5-10-17-34(41(51)49(37)25-31)46-43(53)57-26-27/h6-9,11,13-16,20,22-23,27,30-32,34,37H,3-5,10,12,17-19,21,24-26H2,1-2H3,(H,46,53)(H,47,50)(H,48,52)/t27-,30-,31-,34+,37+,44-/m1/s1. The highest BCUT2D eigenvalue weighted by molar-refractivity contribution is 7.91. The van der Waals surface area contributed by atoms with Crippen molar-refractivity contribution in [1.82, 2.24) is 25.2 Å². The number of rotatable bonds is 5. The number of carbonyl (C=O) groups excluding carboxylic acids is 4. The molecule has 8 rings (SSSR count). The number of carbonyl (C=O) groups is 4. The van der Waals surface area contributed by atoms with E-state index in [-0.39, 0.29) is 31.9 Å². The number of hydrogen-bond acceptors (Lipinski definition) is 10. The fourth-order valence-corrected chi connectivity index (χ4v) is 9.69. The van der Waals surface area contributed by atoms with Crippen molar-refractivity contribution < 1.29 is 41.8 Å². The van der Waals surface area contributed by atoms with Crippen LogP contribution in [0.2, 0.25) is 0 Å². The van der Waals surface area contributed by atoms with Crippen LogP contribution in [0, 0.1) is 11.8 Å². The van der Waals surface area contributed by atoms with Gasteiger partial charge in [0.05, 0.1) is 36.7 Å². The third kappa shape index (κ3) is 8.80. The van der Waals surface area contributed by atoms with Crippen LogP contribution in [0.4, 0.5) is 4.79 Å². The molecule has 5 bridgehead atoms. The lowest BCUT2D eigenvalue weighted by molar-refractivity contribution is -0.141. The molecule has 0 spiro atoms.